The van der Waals surface area contributed by atoms with Crippen molar-refractivity contribution in [3.05, 3.63) is 71.3 Å². The van der Waals surface area contributed by atoms with Gasteiger partial charge in [0.2, 0.25) is 5.91 Å². The topological polar surface area (TPSA) is 87.3 Å². The second-order valence-electron chi connectivity index (χ2n) is 7.23. The van der Waals surface area contributed by atoms with Crippen LogP contribution in [0.5, 0.6) is 0 Å². The van der Waals surface area contributed by atoms with Crippen LogP contribution in [0.2, 0.25) is 0 Å². The maximum atomic E-state index is 12.7. The van der Waals surface area contributed by atoms with Gasteiger partial charge in [0.05, 0.1) is 0 Å². The Labute approximate surface area is 187 Å². The van der Waals surface area contributed by atoms with Gasteiger partial charge in [-0.1, -0.05) is 0 Å². The van der Waals surface area contributed by atoms with Crippen molar-refractivity contribution in [3.8, 4) is 0 Å². The lowest BCUT2D eigenvalue weighted by molar-refractivity contribution is -0.119. The van der Waals surface area contributed by atoms with Crippen LogP contribution in [0.4, 0.5) is 8.78 Å². The number of hydrogen-bond acceptors (Lipinski definition) is 3. The van der Waals surface area contributed by atoms with E-state index in [1.165, 1.54) is 55.5 Å². The standard InChI is InChI=1S/C15H21FN2O2.C9H10FNO/c1-11(18-12(2)19)5-3-4-10-17-15(20)13-6-8-14(16)9-7-13;1-2-11-9(12)7-3-5-8(10)6-4-7/h6-9,11H,3-5,10H2,1-2H3,(H,17,20)(H,18,19);3-6H,2H2,1H3,(H,11,12)/t11-;/m1./s1/i16-1;10-1. The van der Waals surface area contributed by atoms with E-state index in [1.807, 2.05) is 13.8 Å². The third-order valence-electron chi connectivity index (χ3n) is 4.35. The number of nitrogens with one attached hydrogen (secondary N) is 3. The van der Waals surface area contributed by atoms with E-state index in [4.69, 9.17) is 0 Å². The number of carbonyl (C=O) groups excluding carboxylic acids is 3. The van der Waals surface area contributed by atoms with Gasteiger partial charge in [-0.3, -0.25) is 14.4 Å². The Morgan fingerprint density at radius 2 is 1.28 bits per heavy atom. The molecule has 0 saturated carbocycles. The van der Waals surface area contributed by atoms with Gasteiger partial charge in [0.25, 0.3) is 11.8 Å². The average Bonchev–Trinajstić information content (AvgIpc) is 2.74. The van der Waals surface area contributed by atoms with Gasteiger partial charge in [-0.15, -0.1) is 0 Å². The Morgan fingerprint density at radius 1 is 0.812 bits per heavy atom. The molecule has 0 fully saturated rings. The highest BCUT2D eigenvalue weighted by Gasteiger charge is 2.06. The first kappa shape index (κ1) is 26.7. The molecule has 32 heavy (non-hydrogen) atoms. The van der Waals surface area contributed by atoms with E-state index in [2.05, 4.69) is 16.0 Å². The molecule has 0 heterocycles. The van der Waals surface area contributed by atoms with Gasteiger partial charge in [-0.25, -0.2) is 8.78 Å². The Bertz CT molecular complexity index is 856. The van der Waals surface area contributed by atoms with E-state index < -0.39 is 0 Å². The molecule has 0 aliphatic heterocycles. The number of hydrogen-bond donors (Lipinski definition) is 3. The number of halogens is 2. The lowest BCUT2D eigenvalue weighted by Gasteiger charge is -2.12. The smallest absolute Gasteiger partial charge is 0.251 e. The van der Waals surface area contributed by atoms with Crippen molar-refractivity contribution in [2.75, 3.05) is 13.1 Å². The summed E-state index contributed by atoms with van der Waals surface area (Å²) in [6.07, 6.45) is 2.65. The second-order valence-corrected chi connectivity index (χ2v) is 7.23. The van der Waals surface area contributed by atoms with Crippen molar-refractivity contribution in [1.82, 2.24) is 16.0 Å². The molecule has 2 aromatic carbocycles. The molecule has 0 aliphatic carbocycles. The predicted molar refractivity (Wildman–Crippen MR) is 120 cm³/mol. The summed E-state index contributed by atoms with van der Waals surface area (Å²) in [6, 6.07) is 11.1. The maximum absolute atomic E-state index is 12.7. The number of benzene rings is 2. The third kappa shape index (κ3) is 11.2. The first-order chi connectivity index (χ1) is 15.2. The number of amides is 3. The fraction of sp³-hybridized carbons (Fsp3) is 0.375. The molecule has 3 amide bonds. The van der Waals surface area contributed by atoms with Crippen molar-refractivity contribution in [2.45, 2.75) is 46.1 Å². The minimum atomic E-state index is -0.353. The summed E-state index contributed by atoms with van der Waals surface area (Å²) in [5.41, 5.74) is 0.941. The Morgan fingerprint density at radius 3 is 1.72 bits per heavy atom. The number of rotatable bonds is 9. The SMILES string of the molecule is CC(=O)N[C@H](C)CCCCNC(=O)c1ccc([18F])cc1.CCNC(=O)c1ccc([18F])cc1. The van der Waals surface area contributed by atoms with Crippen molar-refractivity contribution in [1.29, 1.82) is 0 Å². The average molecular weight is 446 g/mol. The van der Waals surface area contributed by atoms with E-state index in [9.17, 15) is 23.2 Å². The molecular weight excluding hydrogens is 414 g/mol. The van der Waals surface area contributed by atoms with Gasteiger partial charge in [0.1, 0.15) is 11.6 Å². The van der Waals surface area contributed by atoms with E-state index in [0.29, 0.717) is 24.2 Å². The number of carbonyl (C=O) groups is 3. The lowest BCUT2D eigenvalue weighted by Crippen LogP contribution is -2.30. The van der Waals surface area contributed by atoms with E-state index in [-0.39, 0.29) is 35.4 Å². The molecule has 1 atom stereocenters. The molecule has 0 spiro atoms. The van der Waals surface area contributed by atoms with Gasteiger partial charge in [-0.2, -0.15) is 0 Å². The Balaban J connectivity index is 0.000000363. The van der Waals surface area contributed by atoms with Crippen molar-refractivity contribution in [2.24, 2.45) is 0 Å². The zero-order valence-corrected chi connectivity index (χ0v) is 18.7. The van der Waals surface area contributed by atoms with Crippen LogP contribution in [-0.2, 0) is 4.79 Å². The summed E-state index contributed by atoms with van der Waals surface area (Å²) in [7, 11) is 0. The van der Waals surface area contributed by atoms with Crippen LogP contribution in [0.15, 0.2) is 48.5 Å². The molecule has 2 rings (SSSR count). The van der Waals surface area contributed by atoms with Crippen molar-refractivity contribution >= 4 is 17.7 Å². The minimum Gasteiger partial charge on any atom is -0.354 e. The minimum absolute atomic E-state index is 0.0258. The first-order valence-corrected chi connectivity index (χ1v) is 10.6. The molecule has 174 valence electrons. The maximum Gasteiger partial charge on any atom is 0.251 e. The molecule has 0 aromatic heterocycles. The first-order valence-electron chi connectivity index (χ1n) is 10.6. The number of unbranched alkanes of at least 4 members (excludes halogenated alkanes) is 1. The van der Waals surface area contributed by atoms with Crippen molar-refractivity contribution < 1.29 is 23.2 Å². The van der Waals surface area contributed by atoms with Gasteiger partial charge in [0.15, 0.2) is 0 Å². The molecule has 0 radical (unpaired) electrons. The Kier molecular flexibility index (Phi) is 12.3. The van der Waals surface area contributed by atoms with Crippen LogP contribution in [0.3, 0.4) is 0 Å². The zero-order chi connectivity index (χ0) is 23.9. The summed E-state index contributed by atoms with van der Waals surface area (Å²) in [5, 5.41) is 8.22. The van der Waals surface area contributed by atoms with E-state index in [0.717, 1.165) is 19.3 Å². The molecule has 0 saturated heterocycles. The molecule has 0 unspecified atom stereocenters. The summed E-state index contributed by atoms with van der Waals surface area (Å²) in [4.78, 5) is 33.6. The fourth-order valence-corrected chi connectivity index (χ4v) is 2.76. The molecule has 0 aliphatic rings. The van der Waals surface area contributed by atoms with E-state index in [1.54, 1.807) is 0 Å². The second kappa shape index (κ2) is 14.7. The normalized spacial score (nSPS) is 10.9. The Hall–Kier alpha value is -3.29. The predicted octanol–water partition coefficient (Wildman–Crippen LogP) is 3.83. The summed E-state index contributed by atoms with van der Waals surface area (Å²) >= 11 is 0. The van der Waals surface area contributed by atoms with Gasteiger partial charge < -0.3 is 16.0 Å². The molecule has 3 N–H and O–H groups in total. The third-order valence-corrected chi connectivity index (χ3v) is 4.35. The van der Waals surface area contributed by atoms with Gasteiger partial charge in [-0.05, 0) is 81.6 Å². The van der Waals surface area contributed by atoms with Crippen LogP contribution in [0.1, 0.15) is 60.7 Å². The molecule has 8 heteroatoms. The highest BCUT2D eigenvalue weighted by molar-refractivity contribution is 5.94. The summed E-state index contributed by atoms with van der Waals surface area (Å²) < 4.78 is 25.1. The van der Waals surface area contributed by atoms with Crippen LogP contribution in [0, 0.1) is 11.6 Å². The van der Waals surface area contributed by atoms with Gasteiger partial charge in [0, 0.05) is 37.2 Å². The molecule has 6 nitrogen and oxygen atoms in total. The van der Waals surface area contributed by atoms with Crippen LogP contribution in [-0.4, -0.2) is 36.9 Å². The van der Waals surface area contributed by atoms with Gasteiger partial charge >= 0.3 is 0 Å². The molecule has 2 aromatic rings. The quantitative estimate of drug-likeness (QED) is 0.513. The van der Waals surface area contributed by atoms with Crippen LogP contribution >= 0.6 is 0 Å². The summed E-state index contributed by atoms with van der Waals surface area (Å²) in [6.45, 7) is 6.44. The molecular formula is C24H31F2N3O3. The fourth-order valence-electron chi connectivity index (χ4n) is 2.76. The molecule has 0 bridgehead atoms. The van der Waals surface area contributed by atoms with Crippen molar-refractivity contribution in [3.63, 3.8) is 0 Å². The highest BCUT2D eigenvalue weighted by atomic mass is 18.2. The lowest BCUT2D eigenvalue weighted by atomic mass is 10.1. The summed E-state index contributed by atoms with van der Waals surface area (Å²) in [5.74, 6) is -1.07. The largest absolute Gasteiger partial charge is 0.354 e. The van der Waals surface area contributed by atoms with E-state index >= 15 is 0 Å². The van der Waals surface area contributed by atoms with Crippen LogP contribution < -0.4 is 16.0 Å². The van der Waals surface area contributed by atoms with Crippen LogP contribution in [0.25, 0.3) is 0 Å². The highest BCUT2D eigenvalue weighted by Crippen LogP contribution is 2.04. The zero-order valence-electron chi connectivity index (χ0n) is 18.7. The monoisotopic (exact) mass is 445 g/mol.